The molecule has 0 aromatic rings. The van der Waals surface area contributed by atoms with E-state index in [9.17, 15) is 14.4 Å². The van der Waals surface area contributed by atoms with Crippen LogP contribution in [0.5, 0.6) is 0 Å². The van der Waals surface area contributed by atoms with Crippen LogP contribution in [-0.2, 0) is 9.59 Å². The van der Waals surface area contributed by atoms with Crippen molar-refractivity contribution in [3.05, 3.63) is 0 Å². The number of primary amides is 1. The fourth-order valence-corrected chi connectivity index (χ4v) is 1.42. The number of nitrogens with two attached hydrogens (primary N) is 1. The van der Waals surface area contributed by atoms with Gasteiger partial charge in [-0.1, -0.05) is 20.3 Å². The second-order valence-corrected chi connectivity index (χ2v) is 4.13. The molecule has 104 valence electrons. The van der Waals surface area contributed by atoms with Crippen molar-refractivity contribution in [1.29, 1.82) is 0 Å². The quantitative estimate of drug-likeness (QED) is 0.597. The second-order valence-electron chi connectivity index (χ2n) is 4.13. The van der Waals surface area contributed by atoms with Crippen molar-refractivity contribution in [3.63, 3.8) is 0 Å². The molecule has 1 unspecified atom stereocenters. The normalized spacial score (nSPS) is 13.5. The van der Waals surface area contributed by atoms with E-state index in [1.54, 1.807) is 13.8 Å². The zero-order chi connectivity index (χ0) is 14.3. The van der Waals surface area contributed by atoms with Crippen LogP contribution in [0.25, 0.3) is 0 Å². The van der Waals surface area contributed by atoms with Crippen molar-refractivity contribution in [2.75, 3.05) is 13.1 Å². The smallest absolute Gasteiger partial charge is 0.326 e. The summed E-state index contributed by atoms with van der Waals surface area (Å²) in [7, 11) is 0. The number of likely N-dealkylation sites (N-methyl/N-ethyl adjacent to an activating group) is 1. The topological polar surface area (TPSA) is 113 Å². The van der Waals surface area contributed by atoms with E-state index in [2.05, 4.69) is 5.32 Å². The monoisotopic (exact) mass is 259 g/mol. The van der Waals surface area contributed by atoms with Crippen molar-refractivity contribution in [1.82, 2.24) is 10.2 Å². The van der Waals surface area contributed by atoms with E-state index >= 15 is 0 Å². The van der Waals surface area contributed by atoms with Crippen LogP contribution in [-0.4, -0.2) is 47.0 Å². The number of nitrogens with zero attached hydrogens (tertiary/aromatic N) is 1. The Morgan fingerprint density at radius 2 is 1.89 bits per heavy atom. The summed E-state index contributed by atoms with van der Waals surface area (Å²) < 4.78 is 0. The average molecular weight is 259 g/mol. The fraction of sp³-hybridized carbons (Fsp3) is 0.727. The van der Waals surface area contributed by atoms with Gasteiger partial charge in [-0.15, -0.1) is 0 Å². The molecule has 0 aliphatic heterocycles. The molecule has 0 aromatic heterocycles. The molecule has 0 aliphatic carbocycles. The summed E-state index contributed by atoms with van der Waals surface area (Å²) >= 11 is 0. The van der Waals surface area contributed by atoms with E-state index in [0.717, 1.165) is 0 Å². The largest absolute Gasteiger partial charge is 0.480 e. The highest BCUT2D eigenvalue weighted by Crippen LogP contribution is 2.08. The first-order chi connectivity index (χ1) is 8.33. The maximum Gasteiger partial charge on any atom is 0.326 e. The van der Waals surface area contributed by atoms with Gasteiger partial charge in [-0.05, 0) is 12.8 Å². The van der Waals surface area contributed by atoms with Gasteiger partial charge in [0.05, 0.1) is 0 Å². The number of rotatable bonds is 7. The molecule has 0 bridgehead atoms. The lowest BCUT2D eigenvalue weighted by molar-refractivity contribution is -0.140. The highest BCUT2D eigenvalue weighted by Gasteiger charge is 2.27. The summed E-state index contributed by atoms with van der Waals surface area (Å²) in [6, 6.07) is -1.56. The number of carbonyl (C=O) groups is 3. The standard InChI is InChI=1S/C11H21N3O4/c1-4-7(3)9(10(16)17)13-11(18)14(5-2)6-8(12)15/h7,9H,4-6H2,1-3H3,(H2,12,15)(H,13,18)(H,16,17)/t7?,9-/m0/s1. The molecule has 7 heteroatoms. The Bertz CT molecular complexity index is 319. The van der Waals surface area contributed by atoms with E-state index in [1.165, 1.54) is 4.90 Å². The summed E-state index contributed by atoms with van der Waals surface area (Å²) in [6.45, 7) is 5.32. The van der Waals surface area contributed by atoms with Gasteiger partial charge in [-0.25, -0.2) is 9.59 Å². The minimum Gasteiger partial charge on any atom is -0.480 e. The summed E-state index contributed by atoms with van der Waals surface area (Å²) in [4.78, 5) is 34.8. The SMILES string of the molecule is CCC(C)[C@H](NC(=O)N(CC)CC(N)=O)C(=O)O. The first kappa shape index (κ1) is 16.2. The van der Waals surface area contributed by atoms with Crippen molar-refractivity contribution in [2.45, 2.75) is 33.2 Å². The molecule has 4 N–H and O–H groups in total. The van der Waals surface area contributed by atoms with Crippen LogP contribution in [0.2, 0.25) is 0 Å². The van der Waals surface area contributed by atoms with Crippen LogP contribution in [0.3, 0.4) is 0 Å². The Hall–Kier alpha value is -1.79. The summed E-state index contributed by atoms with van der Waals surface area (Å²) in [5, 5.41) is 11.4. The van der Waals surface area contributed by atoms with Gasteiger partial charge in [-0.2, -0.15) is 0 Å². The van der Waals surface area contributed by atoms with Crippen LogP contribution in [0.15, 0.2) is 0 Å². The molecule has 7 nitrogen and oxygen atoms in total. The van der Waals surface area contributed by atoms with Gasteiger partial charge in [-0.3, -0.25) is 4.79 Å². The molecule has 0 aliphatic rings. The number of aliphatic carboxylic acids is 1. The van der Waals surface area contributed by atoms with Gasteiger partial charge >= 0.3 is 12.0 Å². The first-order valence-electron chi connectivity index (χ1n) is 5.89. The van der Waals surface area contributed by atoms with Crippen LogP contribution in [0.4, 0.5) is 4.79 Å². The number of nitrogens with one attached hydrogen (secondary N) is 1. The minimum atomic E-state index is -1.09. The van der Waals surface area contributed by atoms with Crippen molar-refractivity contribution in [3.8, 4) is 0 Å². The molecule has 18 heavy (non-hydrogen) atoms. The number of hydrogen-bond donors (Lipinski definition) is 3. The van der Waals surface area contributed by atoms with Crippen LogP contribution >= 0.6 is 0 Å². The zero-order valence-electron chi connectivity index (χ0n) is 11.0. The molecular weight excluding hydrogens is 238 g/mol. The number of carboxylic acid groups (broad SMARTS) is 1. The lowest BCUT2D eigenvalue weighted by atomic mass is 9.99. The van der Waals surface area contributed by atoms with E-state index in [1.807, 2.05) is 6.92 Å². The molecule has 0 heterocycles. The summed E-state index contributed by atoms with van der Waals surface area (Å²) in [6.07, 6.45) is 0.624. The molecule has 0 spiro atoms. The first-order valence-corrected chi connectivity index (χ1v) is 5.89. The third kappa shape index (κ3) is 5.03. The number of amides is 3. The summed E-state index contributed by atoms with van der Waals surface area (Å²) in [5.41, 5.74) is 5.01. The van der Waals surface area contributed by atoms with Gasteiger partial charge < -0.3 is 21.1 Å². The number of hydrogen-bond acceptors (Lipinski definition) is 3. The van der Waals surface area contributed by atoms with E-state index in [4.69, 9.17) is 10.8 Å². The van der Waals surface area contributed by atoms with Gasteiger partial charge in [0.1, 0.15) is 12.6 Å². The number of carboxylic acids is 1. The Labute approximate surface area is 106 Å². The lowest BCUT2D eigenvalue weighted by Crippen LogP contribution is -2.52. The van der Waals surface area contributed by atoms with Crippen LogP contribution in [0, 0.1) is 5.92 Å². The van der Waals surface area contributed by atoms with Crippen molar-refractivity contribution < 1.29 is 19.5 Å². The third-order valence-corrected chi connectivity index (χ3v) is 2.77. The van der Waals surface area contributed by atoms with Gasteiger partial charge in [0, 0.05) is 6.54 Å². The second kappa shape index (κ2) is 7.52. The van der Waals surface area contributed by atoms with Gasteiger partial charge in [0.2, 0.25) is 5.91 Å². The van der Waals surface area contributed by atoms with E-state index < -0.39 is 23.9 Å². The van der Waals surface area contributed by atoms with Crippen LogP contribution < -0.4 is 11.1 Å². The molecule has 0 aromatic carbocycles. The van der Waals surface area contributed by atoms with Crippen molar-refractivity contribution in [2.24, 2.45) is 11.7 Å². The third-order valence-electron chi connectivity index (χ3n) is 2.77. The van der Waals surface area contributed by atoms with Gasteiger partial charge in [0.15, 0.2) is 0 Å². The predicted molar refractivity (Wildman–Crippen MR) is 65.9 cm³/mol. The molecule has 0 rings (SSSR count). The molecule has 0 radical (unpaired) electrons. The molecular formula is C11H21N3O4. The highest BCUT2D eigenvalue weighted by molar-refractivity contribution is 5.86. The Balaban J connectivity index is 4.66. The van der Waals surface area contributed by atoms with E-state index in [-0.39, 0.29) is 19.0 Å². The average Bonchev–Trinajstić information content (AvgIpc) is 2.30. The Morgan fingerprint density at radius 1 is 1.33 bits per heavy atom. The fourth-order valence-electron chi connectivity index (χ4n) is 1.42. The van der Waals surface area contributed by atoms with Crippen molar-refractivity contribution >= 4 is 17.9 Å². The maximum atomic E-state index is 11.8. The lowest BCUT2D eigenvalue weighted by Gasteiger charge is -2.25. The van der Waals surface area contributed by atoms with E-state index in [0.29, 0.717) is 6.42 Å². The Morgan fingerprint density at radius 3 is 2.22 bits per heavy atom. The maximum absolute atomic E-state index is 11.8. The summed E-state index contributed by atoms with van der Waals surface area (Å²) in [5.74, 6) is -1.92. The molecule has 3 amide bonds. The predicted octanol–water partition coefficient (Wildman–Crippen LogP) is 0.00250. The zero-order valence-corrected chi connectivity index (χ0v) is 11.0. The highest BCUT2D eigenvalue weighted by atomic mass is 16.4. The van der Waals surface area contributed by atoms with Crippen LogP contribution in [0.1, 0.15) is 27.2 Å². The molecule has 0 fully saturated rings. The molecule has 2 atom stereocenters. The number of carbonyl (C=O) groups excluding carboxylic acids is 2. The van der Waals surface area contributed by atoms with Gasteiger partial charge in [0.25, 0.3) is 0 Å². The Kier molecular flexibility index (Phi) is 6.77. The number of urea groups is 1. The molecule has 0 saturated carbocycles. The minimum absolute atomic E-state index is 0.196. The molecule has 0 saturated heterocycles.